The van der Waals surface area contributed by atoms with Crippen molar-refractivity contribution in [3.05, 3.63) is 77.4 Å². The average Bonchev–Trinajstić information content (AvgIpc) is 2.66. The predicted octanol–water partition coefficient (Wildman–Crippen LogP) is -3.68. The van der Waals surface area contributed by atoms with Crippen molar-refractivity contribution in [1.82, 2.24) is 0 Å². The van der Waals surface area contributed by atoms with Gasteiger partial charge in [0.25, 0.3) is 0 Å². The Morgan fingerprint density at radius 2 is 1.38 bits per heavy atom. The van der Waals surface area contributed by atoms with Gasteiger partial charge in [-0.05, 0) is 41.5 Å². The number of hydrogen-bond acceptors (Lipinski definition) is 0. The molecule has 0 amide bonds. The molecular weight excluding hydrogens is 399 g/mol. The van der Waals surface area contributed by atoms with Gasteiger partial charge in [0, 0.05) is 12.8 Å². The summed E-state index contributed by atoms with van der Waals surface area (Å²) in [5.74, 6) is 0. The second-order valence-electron chi connectivity index (χ2n) is 8.18. The van der Waals surface area contributed by atoms with Crippen LogP contribution in [-0.2, 0) is 12.8 Å². The lowest BCUT2D eigenvalue weighted by atomic mass is 9.92. The highest BCUT2D eigenvalue weighted by atomic mass is 35.5. The molecule has 0 saturated heterocycles. The van der Waals surface area contributed by atoms with Crippen LogP contribution in [0.4, 0.5) is 0 Å². The molecule has 4 heteroatoms. The van der Waals surface area contributed by atoms with Crippen LogP contribution in [0.25, 0.3) is 5.57 Å². The highest BCUT2D eigenvalue weighted by molar-refractivity contribution is 5.68. The summed E-state index contributed by atoms with van der Waals surface area (Å²) in [6, 6.07) is 19.9. The second kappa shape index (κ2) is 15.5. The number of allylic oxidation sites excluding steroid dienone is 1. The molecule has 2 aromatic rings. The number of aryl methyl sites for hydroxylation is 2. The fourth-order valence-corrected chi connectivity index (χ4v) is 3.49. The van der Waals surface area contributed by atoms with E-state index in [0.29, 0.717) is 0 Å². The lowest BCUT2D eigenvalue weighted by molar-refractivity contribution is -0.858. The predicted molar refractivity (Wildman–Crippen MR) is 117 cm³/mol. The topological polar surface area (TPSA) is 8.88 Å². The zero-order chi connectivity index (χ0) is 19.5. The SMILES string of the molecule is C[NH+](C)CC/C=C(/CCC[NH+](C)C)c1ccccc1CCc1ccccc1.[Cl-].[Cl-]. The summed E-state index contributed by atoms with van der Waals surface area (Å²) in [5, 5.41) is 0. The molecule has 2 nitrogen and oxygen atoms in total. The number of halogens is 2. The molecule has 0 aliphatic heterocycles. The van der Waals surface area contributed by atoms with Gasteiger partial charge in [0.1, 0.15) is 0 Å². The Morgan fingerprint density at radius 1 is 0.759 bits per heavy atom. The van der Waals surface area contributed by atoms with Crippen LogP contribution < -0.4 is 34.6 Å². The Kier molecular flexibility index (Phi) is 14.8. The quantitative estimate of drug-likeness (QED) is 0.359. The lowest BCUT2D eigenvalue weighted by Crippen LogP contribution is -3.05. The second-order valence-corrected chi connectivity index (χ2v) is 8.18. The Hall–Kier alpha value is -1.32. The first-order chi connectivity index (χ1) is 13.1. The van der Waals surface area contributed by atoms with Crippen LogP contribution in [0.2, 0.25) is 0 Å². The Balaban J connectivity index is 0.00000392. The van der Waals surface area contributed by atoms with Crippen molar-refractivity contribution in [2.75, 3.05) is 41.3 Å². The molecule has 0 bridgehead atoms. The first-order valence-corrected chi connectivity index (χ1v) is 10.5. The maximum atomic E-state index is 2.50. The third-order valence-electron chi connectivity index (χ3n) is 5.05. The van der Waals surface area contributed by atoms with Crippen molar-refractivity contribution in [2.45, 2.75) is 32.1 Å². The Labute approximate surface area is 190 Å². The van der Waals surface area contributed by atoms with Gasteiger partial charge in [0.05, 0.1) is 41.3 Å². The molecule has 2 aromatic carbocycles. The van der Waals surface area contributed by atoms with E-state index in [1.54, 1.807) is 5.57 Å². The van der Waals surface area contributed by atoms with Crippen LogP contribution in [0.3, 0.4) is 0 Å². The molecule has 0 saturated carbocycles. The summed E-state index contributed by atoms with van der Waals surface area (Å²) in [4.78, 5) is 3.05. The lowest BCUT2D eigenvalue weighted by Gasteiger charge is -2.15. The molecule has 0 unspecified atom stereocenters. The van der Waals surface area contributed by atoms with Crippen molar-refractivity contribution >= 4 is 5.57 Å². The molecule has 0 heterocycles. The minimum Gasteiger partial charge on any atom is -1.00 e. The minimum atomic E-state index is 0. The highest BCUT2D eigenvalue weighted by Crippen LogP contribution is 2.25. The van der Waals surface area contributed by atoms with E-state index in [-0.39, 0.29) is 24.8 Å². The zero-order valence-corrected chi connectivity index (χ0v) is 20.0. The Bertz CT molecular complexity index is 697. The summed E-state index contributed by atoms with van der Waals surface area (Å²) in [6.07, 6.45) is 8.29. The van der Waals surface area contributed by atoms with Crippen LogP contribution in [-0.4, -0.2) is 41.3 Å². The standard InChI is InChI=1S/C25H36N2.2ClH/c1-26(2)20-10-15-23(16-11-21-27(3)4)25-17-9-8-14-24(25)19-18-22-12-6-5-7-13-22;;/h5-9,12-15,17H,10-11,16,18-21H2,1-4H3;2*1H/b23-15-;;. The van der Waals surface area contributed by atoms with Crippen molar-refractivity contribution in [1.29, 1.82) is 0 Å². The van der Waals surface area contributed by atoms with Crippen molar-refractivity contribution < 1.29 is 34.6 Å². The van der Waals surface area contributed by atoms with Crippen LogP contribution in [0, 0.1) is 0 Å². The maximum Gasteiger partial charge on any atom is 0.0802 e. The largest absolute Gasteiger partial charge is 1.00 e. The molecule has 0 aromatic heterocycles. The molecular formula is C25H38Cl2N2. The first-order valence-electron chi connectivity index (χ1n) is 10.5. The minimum absolute atomic E-state index is 0. The summed E-state index contributed by atoms with van der Waals surface area (Å²) in [7, 11) is 8.95. The van der Waals surface area contributed by atoms with Crippen molar-refractivity contribution in [3.8, 4) is 0 Å². The molecule has 0 atom stereocenters. The zero-order valence-electron chi connectivity index (χ0n) is 18.5. The average molecular weight is 437 g/mol. The number of nitrogens with one attached hydrogen (secondary N) is 2. The van der Waals surface area contributed by atoms with Gasteiger partial charge in [-0.2, -0.15) is 0 Å². The van der Waals surface area contributed by atoms with Gasteiger partial charge in [-0.1, -0.05) is 60.7 Å². The van der Waals surface area contributed by atoms with Crippen LogP contribution >= 0.6 is 0 Å². The fourth-order valence-electron chi connectivity index (χ4n) is 3.49. The van der Waals surface area contributed by atoms with Gasteiger partial charge in [0.15, 0.2) is 0 Å². The highest BCUT2D eigenvalue weighted by Gasteiger charge is 2.09. The van der Waals surface area contributed by atoms with E-state index in [1.165, 1.54) is 52.4 Å². The third-order valence-corrected chi connectivity index (χ3v) is 5.05. The van der Waals surface area contributed by atoms with E-state index in [2.05, 4.69) is 88.9 Å². The van der Waals surface area contributed by atoms with Gasteiger partial charge in [-0.3, -0.25) is 0 Å². The van der Waals surface area contributed by atoms with E-state index in [4.69, 9.17) is 0 Å². The van der Waals surface area contributed by atoms with E-state index < -0.39 is 0 Å². The van der Waals surface area contributed by atoms with E-state index in [1.807, 2.05) is 0 Å². The van der Waals surface area contributed by atoms with E-state index in [9.17, 15) is 0 Å². The van der Waals surface area contributed by atoms with Crippen molar-refractivity contribution in [2.24, 2.45) is 0 Å². The summed E-state index contributed by atoms with van der Waals surface area (Å²) in [6.45, 7) is 2.41. The first kappa shape index (κ1) is 27.7. The third kappa shape index (κ3) is 10.9. The van der Waals surface area contributed by atoms with Gasteiger partial charge < -0.3 is 34.6 Å². The maximum absolute atomic E-state index is 2.50. The molecule has 29 heavy (non-hydrogen) atoms. The van der Waals surface area contributed by atoms with Gasteiger partial charge >= 0.3 is 0 Å². The van der Waals surface area contributed by atoms with Crippen LogP contribution in [0.5, 0.6) is 0 Å². The summed E-state index contributed by atoms with van der Waals surface area (Å²) in [5.41, 5.74) is 5.92. The fraction of sp³-hybridized carbons (Fsp3) is 0.440. The molecule has 2 rings (SSSR count). The number of hydrogen-bond donors (Lipinski definition) is 2. The number of quaternary nitrogens is 2. The van der Waals surface area contributed by atoms with Gasteiger partial charge in [-0.15, -0.1) is 0 Å². The molecule has 0 aliphatic rings. The monoisotopic (exact) mass is 436 g/mol. The smallest absolute Gasteiger partial charge is 0.0802 e. The van der Waals surface area contributed by atoms with Crippen LogP contribution in [0.15, 0.2) is 60.7 Å². The Morgan fingerprint density at radius 3 is 2.03 bits per heavy atom. The number of benzene rings is 2. The van der Waals surface area contributed by atoms with E-state index >= 15 is 0 Å². The van der Waals surface area contributed by atoms with E-state index in [0.717, 1.165) is 19.3 Å². The summed E-state index contributed by atoms with van der Waals surface area (Å²) >= 11 is 0. The normalized spacial score (nSPS) is 11.3. The van der Waals surface area contributed by atoms with Crippen LogP contribution in [0.1, 0.15) is 36.0 Å². The molecule has 2 N–H and O–H groups in total. The molecule has 0 fully saturated rings. The molecule has 0 spiro atoms. The van der Waals surface area contributed by atoms with Crippen molar-refractivity contribution in [3.63, 3.8) is 0 Å². The van der Waals surface area contributed by atoms with Gasteiger partial charge in [0.2, 0.25) is 0 Å². The molecule has 0 aliphatic carbocycles. The molecule has 162 valence electrons. The number of rotatable bonds is 11. The summed E-state index contributed by atoms with van der Waals surface area (Å²) < 4.78 is 0. The molecule has 0 radical (unpaired) electrons. The van der Waals surface area contributed by atoms with Gasteiger partial charge in [-0.25, -0.2) is 0 Å².